The van der Waals surface area contributed by atoms with Crippen LogP contribution in [0.2, 0.25) is 0 Å². The highest BCUT2D eigenvalue weighted by Gasteiger charge is 2.23. The number of anilines is 1. The number of nitrogens with zero attached hydrogens (tertiary/aromatic N) is 2. The molecule has 192 valence electrons. The van der Waals surface area contributed by atoms with Crippen LogP contribution in [-0.2, 0) is 5.41 Å². The van der Waals surface area contributed by atoms with E-state index in [1.54, 1.807) is 42.3 Å². The second-order valence-corrected chi connectivity index (χ2v) is 9.98. The van der Waals surface area contributed by atoms with Gasteiger partial charge in [0.05, 0.1) is 19.0 Å². The molecule has 2 heterocycles. The molecule has 8 nitrogen and oxygen atoms in total. The summed E-state index contributed by atoms with van der Waals surface area (Å²) in [4.78, 5) is 25.0. The van der Waals surface area contributed by atoms with Gasteiger partial charge in [-0.05, 0) is 65.1 Å². The van der Waals surface area contributed by atoms with Crippen LogP contribution in [0.25, 0.3) is 27.8 Å². The van der Waals surface area contributed by atoms with Crippen LogP contribution in [0.15, 0.2) is 83.5 Å². The number of aromatic carboxylic acids is 1. The Labute approximate surface area is 219 Å². The van der Waals surface area contributed by atoms with Crippen molar-refractivity contribution in [2.45, 2.75) is 26.2 Å². The van der Waals surface area contributed by atoms with Crippen LogP contribution in [0.5, 0.6) is 5.75 Å². The molecule has 2 aromatic heterocycles. The molecule has 0 aliphatic carbocycles. The van der Waals surface area contributed by atoms with Crippen molar-refractivity contribution in [1.82, 2.24) is 9.78 Å². The highest BCUT2D eigenvalue weighted by molar-refractivity contribution is 6.13. The molecular weight excluding hydrogens is 482 g/mol. The van der Waals surface area contributed by atoms with Crippen molar-refractivity contribution in [3.63, 3.8) is 0 Å². The van der Waals surface area contributed by atoms with Crippen molar-refractivity contribution in [1.29, 1.82) is 0 Å². The number of fused-ring (bicyclic) bond motifs is 1. The lowest BCUT2D eigenvalue weighted by atomic mass is 9.87. The number of hydrogen-bond donors (Lipinski definition) is 2. The van der Waals surface area contributed by atoms with Gasteiger partial charge in [0.2, 0.25) is 5.76 Å². The number of benzene rings is 3. The molecule has 3 aromatic carbocycles. The van der Waals surface area contributed by atoms with Crippen LogP contribution >= 0.6 is 0 Å². The maximum atomic E-state index is 13.1. The van der Waals surface area contributed by atoms with E-state index in [0.29, 0.717) is 16.5 Å². The average molecular weight is 510 g/mol. The quantitative estimate of drug-likeness (QED) is 0.269. The van der Waals surface area contributed by atoms with Gasteiger partial charge in [0.15, 0.2) is 0 Å². The van der Waals surface area contributed by atoms with Crippen LogP contribution in [0.4, 0.5) is 5.69 Å². The SMILES string of the molecule is COc1ccc(-n2cc(-c3ccc4oc(C(=O)O)c(NC(=O)c5ccc(C(C)(C)C)cc5)c4c3)cn2)cc1. The van der Waals surface area contributed by atoms with Crippen LogP contribution in [0.1, 0.15) is 47.2 Å². The van der Waals surface area contributed by atoms with Crippen molar-refractivity contribution in [2.24, 2.45) is 0 Å². The Morgan fingerprint density at radius 3 is 2.32 bits per heavy atom. The van der Waals surface area contributed by atoms with Gasteiger partial charge in [-0.1, -0.05) is 39.0 Å². The largest absolute Gasteiger partial charge is 0.497 e. The lowest BCUT2D eigenvalue weighted by Gasteiger charge is -2.19. The Hall–Kier alpha value is -4.85. The van der Waals surface area contributed by atoms with Crippen LogP contribution in [0.3, 0.4) is 0 Å². The maximum Gasteiger partial charge on any atom is 0.374 e. The highest BCUT2D eigenvalue weighted by Crippen LogP contribution is 2.35. The molecule has 0 unspecified atom stereocenters. The molecule has 0 spiro atoms. The fourth-order valence-electron chi connectivity index (χ4n) is 4.21. The summed E-state index contributed by atoms with van der Waals surface area (Å²) < 4.78 is 12.6. The molecule has 5 rings (SSSR count). The fourth-order valence-corrected chi connectivity index (χ4v) is 4.21. The zero-order valence-electron chi connectivity index (χ0n) is 21.5. The summed E-state index contributed by atoms with van der Waals surface area (Å²) >= 11 is 0. The number of carboxylic acid groups (broad SMARTS) is 1. The minimum absolute atomic E-state index is 0.0518. The van der Waals surface area contributed by atoms with E-state index in [2.05, 4.69) is 31.2 Å². The first-order chi connectivity index (χ1) is 18.1. The van der Waals surface area contributed by atoms with Crippen molar-refractivity contribution >= 4 is 28.5 Å². The predicted molar refractivity (Wildman–Crippen MR) is 145 cm³/mol. The van der Waals surface area contributed by atoms with E-state index in [0.717, 1.165) is 28.1 Å². The summed E-state index contributed by atoms with van der Waals surface area (Å²) in [7, 11) is 1.61. The first-order valence-electron chi connectivity index (χ1n) is 12.1. The molecule has 38 heavy (non-hydrogen) atoms. The van der Waals surface area contributed by atoms with Gasteiger partial charge in [-0.15, -0.1) is 0 Å². The number of ether oxygens (including phenoxy) is 1. The molecule has 2 N–H and O–H groups in total. The minimum atomic E-state index is -1.27. The summed E-state index contributed by atoms with van der Waals surface area (Å²) in [5.74, 6) is -1.27. The van der Waals surface area contributed by atoms with Crippen LogP contribution in [-0.4, -0.2) is 33.9 Å². The number of aromatic nitrogens is 2. The number of furan rings is 1. The first kappa shape index (κ1) is 24.8. The van der Waals surface area contributed by atoms with Crippen molar-refractivity contribution in [3.05, 3.63) is 96.0 Å². The second-order valence-electron chi connectivity index (χ2n) is 9.98. The van der Waals surface area contributed by atoms with Gasteiger partial charge in [0, 0.05) is 22.7 Å². The smallest absolute Gasteiger partial charge is 0.374 e. The maximum absolute atomic E-state index is 13.1. The van der Waals surface area contributed by atoms with E-state index < -0.39 is 11.9 Å². The number of methoxy groups -OCH3 is 1. The molecule has 0 aliphatic rings. The number of carbonyl (C=O) groups excluding carboxylic acids is 1. The Morgan fingerprint density at radius 2 is 1.68 bits per heavy atom. The van der Waals surface area contributed by atoms with Crippen LogP contribution in [0, 0.1) is 0 Å². The van der Waals surface area contributed by atoms with Crippen molar-refractivity contribution in [3.8, 4) is 22.6 Å². The van der Waals surface area contributed by atoms with E-state index in [-0.39, 0.29) is 16.9 Å². The van der Waals surface area contributed by atoms with Crippen molar-refractivity contribution < 1.29 is 23.8 Å². The normalized spacial score (nSPS) is 11.5. The van der Waals surface area contributed by atoms with Gasteiger partial charge in [-0.3, -0.25) is 4.79 Å². The number of carboxylic acids is 1. The lowest BCUT2D eigenvalue weighted by molar-refractivity contribution is 0.0666. The average Bonchev–Trinajstić information content (AvgIpc) is 3.54. The Balaban J connectivity index is 1.48. The lowest BCUT2D eigenvalue weighted by Crippen LogP contribution is -2.15. The zero-order chi connectivity index (χ0) is 27.0. The fraction of sp³-hybridized carbons (Fsp3) is 0.167. The molecule has 1 amide bonds. The summed E-state index contributed by atoms with van der Waals surface area (Å²) in [5.41, 5.74) is 4.39. The Bertz CT molecular complexity index is 1640. The molecule has 0 saturated heterocycles. The van der Waals surface area contributed by atoms with E-state index in [4.69, 9.17) is 9.15 Å². The number of hydrogen-bond acceptors (Lipinski definition) is 5. The molecule has 0 aliphatic heterocycles. The van der Waals surface area contributed by atoms with E-state index in [1.807, 2.05) is 48.7 Å². The minimum Gasteiger partial charge on any atom is -0.497 e. The molecular formula is C30H27N3O5. The van der Waals surface area contributed by atoms with Gasteiger partial charge in [0.25, 0.3) is 5.91 Å². The third-order valence-electron chi connectivity index (χ3n) is 6.39. The van der Waals surface area contributed by atoms with Crippen LogP contribution < -0.4 is 10.1 Å². The molecule has 0 saturated carbocycles. The molecule has 0 radical (unpaired) electrons. The van der Waals surface area contributed by atoms with Gasteiger partial charge in [-0.25, -0.2) is 9.48 Å². The van der Waals surface area contributed by atoms with Gasteiger partial charge in [0.1, 0.15) is 17.0 Å². The monoisotopic (exact) mass is 509 g/mol. The summed E-state index contributed by atoms with van der Waals surface area (Å²) in [6, 6.07) is 20.1. The zero-order valence-corrected chi connectivity index (χ0v) is 21.5. The third-order valence-corrected chi connectivity index (χ3v) is 6.39. The predicted octanol–water partition coefficient (Wildman–Crippen LogP) is 6.54. The number of rotatable bonds is 6. The third kappa shape index (κ3) is 4.76. The van der Waals surface area contributed by atoms with E-state index >= 15 is 0 Å². The first-order valence-corrected chi connectivity index (χ1v) is 12.1. The summed E-state index contributed by atoms with van der Waals surface area (Å²) in [6.07, 6.45) is 3.59. The van der Waals surface area contributed by atoms with Crippen molar-refractivity contribution in [2.75, 3.05) is 12.4 Å². The molecule has 0 atom stereocenters. The number of carbonyl (C=O) groups is 2. The molecule has 5 aromatic rings. The standard InChI is InChI=1S/C30H27N3O5/c1-30(2,3)21-8-5-18(6-9-21)28(34)32-26-24-15-19(7-14-25(24)38-27(26)29(35)36)20-16-31-33(17-20)22-10-12-23(37-4)13-11-22/h5-17H,1-4H3,(H,32,34)(H,35,36). The Kier molecular flexibility index (Phi) is 6.24. The highest BCUT2D eigenvalue weighted by atomic mass is 16.5. The summed E-state index contributed by atoms with van der Waals surface area (Å²) in [6.45, 7) is 6.28. The second kappa shape index (κ2) is 9.55. The van der Waals surface area contributed by atoms with Gasteiger partial charge in [-0.2, -0.15) is 5.10 Å². The van der Waals surface area contributed by atoms with Gasteiger partial charge < -0.3 is 19.6 Å². The molecule has 8 heteroatoms. The van der Waals surface area contributed by atoms with E-state index in [9.17, 15) is 14.7 Å². The molecule has 0 bridgehead atoms. The number of nitrogens with one attached hydrogen (secondary N) is 1. The Morgan fingerprint density at radius 1 is 0.974 bits per heavy atom. The topological polar surface area (TPSA) is 107 Å². The van der Waals surface area contributed by atoms with Gasteiger partial charge >= 0.3 is 5.97 Å². The molecule has 0 fully saturated rings. The summed E-state index contributed by atoms with van der Waals surface area (Å²) in [5, 5.41) is 17.5. The van der Waals surface area contributed by atoms with E-state index in [1.165, 1.54) is 0 Å². The number of amides is 1.